The number of sulfone groups is 1. The molecule has 1 unspecified atom stereocenters. The first-order chi connectivity index (χ1) is 6.92. The number of Topliss-reactive ketones (excluding diaryl/α,β-unsaturated/α-hetero) is 1. The molecule has 0 radical (unpaired) electrons. The second kappa shape index (κ2) is 3.17. The van der Waals surface area contributed by atoms with Crippen LogP contribution in [0.15, 0.2) is 23.1 Å². The van der Waals surface area contributed by atoms with Gasteiger partial charge in [-0.15, -0.1) is 0 Å². The summed E-state index contributed by atoms with van der Waals surface area (Å²) >= 11 is 0. The highest BCUT2D eigenvalue weighted by Gasteiger charge is 2.36. The third-order valence-corrected chi connectivity index (χ3v) is 4.57. The molecule has 1 aliphatic rings. The van der Waals surface area contributed by atoms with E-state index in [-0.39, 0.29) is 11.5 Å². The van der Waals surface area contributed by atoms with Gasteiger partial charge >= 0.3 is 0 Å². The minimum Gasteiger partial charge on any atom is -0.299 e. The standard InChI is InChI=1S/C11H12O3S/c1-7-3-4-11-9(5-7)10(8(2)12)6-15(11,13)14/h3-5,10H,6H2,1-2H3. The maximum atomic E-state index is 11.7. The first-order valence-electron chi connectivity index (χ1n) is 4.75. The topological polar surface area (TPSA) is 51.2 Å². The molecule has 3 nitrogen and oxygen atoms in total. The molecule has 0 amide bonds. The van der Waals surface area contributed by atoms with Gasteiger partial charge in [0.15, 0.2) is 9.84 Å². The van der Waals surface area contributed by atoms with E-state index in [1.54, 1.807) is 18.2 Å². The van der Waals surface area contributed by atoms with Crippen molar-refractivity contribution in [1.82, 2.24) is 0 Å². The number of benzene rings is 1. The highest BCUT2D eigenvalue weighted by atomic mass is 32.2. The molecular weight excluding hydrogens is 212 g/mol. The number of fused-ring (bicyclic) bond motifs is 1. The van der Waals surface area contributed by atoms with Crippen LogP contribution in [0.2, 0.25) is 0 Å². The third kappa shape index (κ3) is 1.59. The number of carbonyl (C=O) groups excluding carboxylic acids is 1. The summed E-state index contributed by atoms with van der Waals surface area (Å²) in [5.74, 6) is -0.617. The molecule has 15 heavy (non-hydrogen) atoms. The average Bonchev–Trinajstić information content (AvgIpc) is 2.38. The Hall–Kier alpha value is -1.16. The molecule has 0 bridgehead atoms. The SMILES string of the molecule is CC(=O)C1CS(=O)(=O)c2ccc(C)cc21. The van der Waals surface area contributed by atoms with Crippen LogP contribution in [-0.4, -0.2) is 20.0 Å². The first kappa shape index (κ1) is 10.4. The van der Waals surface area contributed by atoms with Gasteiger partial charge in [0.2, 0.25) is 0 Å². The lowest BCUT2D eigenvalue weighted by molar-refractivity contribution is -0.117. The number of hydrogen-bond acceptors (Lipinski definition) is 3. The van der Waals surface area contributed by atoms with E-state index in [4.69, 9.17) is 0 Å². The summed E-state index contributed by atoms with van der Waals surface area (Å²) in [4.78, 5) is 11.7. The fourth-order valence-electron chi connectivity index (χ4n) is 1.96. The Morgan fingerprint density at radius 2 is 2.07 bits per heavy atom. The molecule has 2 rings (SSSR count). The Balaban J connectivity index is 2.69. The Kier molecular flexibility index (Phi) is 2.19. The number of rotatable bonds is 1. The number of aryl methyl sites for hydroxylation is 1. The second-order valence-corrected chi connectivity index (χ2v) is 5.99. The minimum absolute atomic E-state index is 0.0683. The summed E-state index contributed by atoms with van der Waals surface area (Å²) in [5.41, 5.74) is 1.65. The van der Waals surface area contributed by atoms with Gasteiger partial charge in [-0.1, -0.05) is 17.7 Å². The molecule has 0 aromatic heterocycles. The van der Waals surface area contributed by atoms with Crippen molar-refractivity contribution in [1.29, 1.82) is 0 Å². The summed E-state index contributed by atoms with van der Waals surface area (Å²) in [5, 5.41) is 0. The third-order valence-electron chi connectivity index (χ3n) is 2.75. The lowest BCUT2D eigenvalue weighted by Gasteiger charge is -2.05. The van der Waals surface area contributed by atoms with Crippen molar-refractivity contribution < 1.29 is 13.2 Å². The van der Waals surface area contributed by atoms with Gasteiger partial charge in [-0.25, -0.2) is 8.42 Å². The van der Waals surface area contributed by atoms with Gasteiger partial charge in [-0.05, 0) is 25.5 Å². The van der Waals surface area contributed by atoms with Gasteiger partial charge in [-0.2, -0.15) is 0 Å². The molecule has 1 aliphatic heterocycles. The molecule has 0 aliphatic carbocycles. The van der Waals surface area contributed by atoms with E-state index >= 15 is 0 Å². The van der Waals surface area contributed by atoms with Crippen LogP contribution in [0.5, 0.6) is 0 Å². The summed E-state index contributed by atoms with van der Waals surface area (Å²) in [6.45, 7) is 3.33. The van der Waals surface area contributed by atoms with Gasteiger partial charge in [-0.3, -0.25) is 4.79 Å². The molecule has 0 fully saturated rings. The molecule has 0 saturated carbocycles. The van der Waals surface area contributed by atoms with Crippen molar-refractivity contribution in [3.8, 4) is 0 Å². The van der Waals surface area contributed by atoms with Gasteiger partial charge in [0, 0.05) is 0 Å². The molecule has 1 heterocycles. The van der Waals surface area contributed by atoms with E-state index in [1.165, 1.54) is 6.92 Å². The predicted octanol–water partition coefficient (Wildman–Crippen LogP) is 1.45. The summed E-state index contributed by atoms with van der Waals surface area (Å²) < 4.78 is 23.5. The van der Waals surface area contributed by atoms with Crippen molar-refractivity contribution in [3.63, 3.8) is 0 Å². The molecule has 1 aromatic carbocycles. The van der Waals surface area contributed by atoms with E-state index in [0.717, 1.165) is 5.56 Å². The monoisotopic (exact) mass is 224 g/mol. The molecule has 80 valence electrons. The molecule has 1 aromatic rings. The Labute approximate surface area is 89.0 Å². The molecule has 1 atom stereocenters. The predicted molar refractivity (Wildman–Crippen MR) is 56.7 cm³/mol. The van der Waals surface area contributed by atoms with Crippen molar-refractivity contribution in [3.05, 3.63) is 29.3 Å². The van der Waals surface area contributed by atoms with E-state index in [2.05, 4.69) is 0 Å². The van der Waals surface area contributed by atoms with Crippen LogP contribution in [0, 0.1) is 6.92 Å². The van der Waals surface area contributed by atoms with Crippen molar-refractivity contribution in [2.45, 2.75) is 24.7 Å². The number of carbonyl (C=O) groups is 1. The van der Waals surface area contributed by atoms with E-state index in [1.807, 2.05) is 6.92 Å². The molecule has 4 heteroatoms. The Morgan fingerprint density at radius 1 is 1.40 bits per heavy atom. The van der Waals surface area contributed by atoms with Crippen LogP contribution in [0.3, 0.4) is 0 Å². The van der Waals surface area contributed by atoms with E-state index < -0.39 is 15.8 Å². The zero-order valence-electron chi connectivity index (χ0n) is 8.65. The summed E-state index contributed by atoms with van der Waals surface area (Å²) in [7, 11) is -3.24. The van der Waals surface area contributed by atoms with Crippen LogP contribution in [0.1, 0.15) is 24.0 Å². The fourth-order valence-corrected chi connectivity index (χ4v) is 3.83. The van der Waals surface area contributed by atoms with Crippen molar-refractivity contribution in [2.75, 3.05) is 5.75 Å². The smallest absolute Gasteiger partial charge is 0.179 e. The highest BCUT2D eigenvalue weighted by Crippen LogP contribution is 2.35. The molecule has 0 N–H and O–H groups in total. The normalized spacial score (nSPS) is 22.4. The van der Waals surface area contributed by atoms with Gasteiger partial charge in [0.25, 0.3) is 0 Å². The zero-order valence-corrected chi connectivity index (χ0v) is 9.47. The Bertz CT molecular complexity index is 529. The van der Waals surface area contributed by atoms with Gasteiger partial charge in [0.1, 0.15) is 5.78 Å². The lowest BCUT2D eigenvalue weighted by Crippen LogP contribution is -2.11. The van der Waals surface area contributed by atoms with Crippen molar-refractivity contribution >= 4 is 15.6 Å². The highest BCUT2D eigenvalue weighted by molar-refractivity contribution is 7.91. The van der Waals surface area contributed by atoms with Crippen LogP contribution in [0.25, 0.3) is 0 Å². The largest absolute Gasteiger partial charge is 0.299 e. The van der Waals surface area contributed by atoms with Crippen LogP contribution in [-0.2, 0) is 14.6 Å². The second-order valence-electron chi connectivity index (χ2n) is 3.99. The lowest BCUT2D eigenvalue weighted by atomic mass is 9.96. The maximum Gasteiger partial charge on any atom is 0.179 e. The number of ketones is 1. The fraction of sp³-hybridized carbons (Fsp3) is 0.364. The van der Waals surface area contributed by atoms with Gasteiger partial charge in [0.05, 0.1) is 16.6 Å². The molecule has 0 saturated heterocycles. The van der Waals surface area contributed by atoms with E-state index in [0.29, 0.717) is 10.5 Å². The minimum atomic E-state index is -3.24. The number of hydrogen-bond donors (Lipinski definition) is 0. The average molecular weight is 224 g/mol. The Morgan fingerprint density at radius 3 is 2.67 bits per heavy atom. The molecule has 0 spiro atoms. The van der Waals surface area contributed by atoms with Gasteiger partial charge < -0.3 is 0 Å². The van der Waals surface area contributed by atoms with Crippen LogP contribution in [0.4, 0.5) is 0 Å². The maximum absolute atomic E-state index is 11.7. The van der Waals surface area contributed by atoms with Crippen molar-refractivity contribution in [2.24, 2.45) is 0 Å². The summed E-state index contributed by atoms with van der Waals surface area (Å²) in [6.07, 6.45) is 0. The molecular formula is C11H12O3S. The first-order valence-corrected chi connectivity index (χ1v) is 6.41. The summed E-state index contributed by atoms with van der Waals surface area (Å²) in [6, 6.07) is 5.16. The van der Waals surface area contributed by atoms with E-state index in [9.17, 15) is 13.2 Å². The zero-order chi connectivity index (χ0) is 11.2. The van der Waals surface area contributed by atoms with Crippen LogP contribution < -0.4 is 0 Å². The quantitative estimate of drug-likeness (QED) is 0.725. The van der Waals surface area contributed by atoms with Crippen LogP contribution >= 0.6 is 0 Å².